The molecule has 0 saturated carbocycles. The number of methoxy groups -OCH3 is 1. The highest BCUT2D eigenvalue weighted by Crippen LogP contribution is 2.36. The minimum atomic E-state index is -0.0716. The van der Waals surface area contributed by atoms with Crippen LogP contribution in [0.25, 0.3) is 6.08 Å². The summed E-state index contributed by atoms with van der Waals surface area (Å²) in [7, 11) is 1.60. The predicted molar refractivity (Wildman–Crippen MR) is 129 cm³/mol. The summed E-state index contributed by atoms with van der Waals surface area (Å²) in [4.78, 5) is 20.4. The molecule has 0 aliphatic carbocycles. The zero-order valence-electron chi connectivity index (χ0n) is 17.0. The normalized spacial score (nSPS) is 16.3. The fourth-order valence-corrected chi connectivity index (χ4v) is 4.44. The van der Waals surface area contributed by atoms with E-state index >= 15 is 0 Å². The maximum absolute atomic E-state index is 13.3. The third-order valence-electron chi connectivity index (χ3n) is 4.81. The fraction of sp³-hybridized carbons (Fsp3) is 0.120. The minimum Gasteiger partial charge on any atom is -0.496 e. The molecule has 0 spiro atoms. The van der Waals surface area contributed by atoms with Gasteiger partial charge in [-0.15, -0.1) is 0 Å². The van der Waals surface area contributed by atoms with Crippen molar-refractivity contribution >= 4 is 46.2 Å². The Morgan fingerprint density at radius 3 is 2.45 bits per heavy atom. The first-order valence-electron chi connectivity index (χ1n) is 9.86. The Kier molecular flexibility index (Phi) is 6.75. The van der Waals surface area contributed by atoms with Gasteiger partial charge in [0.25, 0.3) is 5.91 Å². The first-order chi connectivity index (χ1) is 15.1. The molecule has 6 heteroatoms. The molecular formula is C25H21ClN2O2S. The van der Waals surface area contributed by atoms with E-state index in [2.05, 4.69) is 12.1 Å². The Morgan fingerprint density at radius 1 is 1.03 bits per heavy atom. The largest absolute Gasteiger partial charge is 0.496 e. The van der Waals surface area contributed by atoms with E-state index in [1.54, 1.807) is 30.2 Å². The average Bonchev–Trinajstić information content (AvgIpc) is 3.08. The lowest BCUT2D eigenvalue weighted by Gasteiger charge is -2.15. The van der Waals surface area contributed by atoms with Crippen molar-refractivity contribution in [2.45, 2.75) is 6.42 Å². The van der Waals surface area contributed by atoms with E-state index in [1.165, 1.54) is 17.3 Å². The number of amides is 1. The van der Waals surface area contributed by atoms with Gasteiger partial charge >= 0.3 is 0 Å². The number of para-hydroxylation sites is 1. The summed E-state index contributed by atoms with van der Waals surface area (Å²) in [5.74, 6) is 0.590. The summed E-state index contributed by atoms with van der Waals surface area (Å²) >= 11 is 7.53. The van der Waals surface area contributed by atoms with E-state index in [0.29, 0.717) is 27.4 Å². The summed E-state index contributed by atoms with van der Waals surface area (Å²) in [6, 6.07) is 25.1. The van der Waals surface area contributed by atoms with Crippen LogP contribution in [-0.4, -0.2) is 29.6 Å². The molecule has 3 aromatic rings. The number of amidine groups is 1. The lowest BCUT2D eigenvalue weighted by atomic mass is 10.1. The number of halogens is 1. The number of nitrogens with zero attached hydrogens (tertiary/aromatic N) is 2. The van der Waals surface area contributed by atoms with Gasteiger partial charge in [-0.1, -0.05) is 60.1 Å². The zero-order chi connectivity index (χ0) is 21.6. The summed E-state index contributed by atoms with van der Waals surface area (Å²) in [6.07, 6.45) is 2.56. The van der Waals surface area contributed by atoms with Crippen LogP contribution in [0.5, 0.6) is 5.75 Å². The number of hydrogen-bond donors (Lipinski definition) is 0. The SMILES string of the molecule is COc1ccc(Cl)cc1C=C1SC(=Nc2ccccc2)N(CCc2ccccc2)C1=O. The molecule has 0 bridgehead atoms. The number of rotatable bonds is 6. The topological polar surface area (TPSA) is 41.9 Å². The van der Waals surface area contributed by atoms with Crippen molar-refractivity contribution in [2.75, 3.05) is 13.7 Å². The highest BCUT2D eigenvalue weighted by Gasteiger charge is 2.33. The number of benzene rings is 3. The number of thioether (sulfide) groups is 1. The maximum atomic E-state index is 13.3. The molecule has 3 aromatic carbocycles. The quantitative estimate of drug-likeness (QED) is 0.422. The van der Waals surface area contributed by atoms with E-state index < -0.39 is 0 Å². The van der Waals surface area contributed by atoms with Gasteiger partial charge in [0.2, 0.25) is 0 Å². The standard InChI is InChI=1S/C25H21ClN2O2S/c1-30-22-13-12-20(26)16-19(22)17-23-24(29)28(15-14-18-8-4-2-5-9-18)25(31-23)27-21-10-6-3-7-11-21/h2-13,16-17H,14-15H2,1H3. The molecule has 1 amide bonds. The van der Waals surface area contributed by atoms with Gasteiger partial charge in [-0.3, -0.25) is 9.69 Å². The van der Waals surface area contributed by atoms with Crippen LogP contribution in [0.4, 0.5) is 5.69 Å². The Morgan fingerprint density at radius 2 is 1.74 bits per heavy atom. The van der Waals surface area contributed by atoms with Gasteiger partial charge in [-0.25, -0.2) is 4.99 Å². The van der Waals surface area contributed by atoms with Crippen LogP contribution in [0, 0.1) is 0 Å². The molecule has 4 rings (SSSR count). The molecule has 0 radical (unpaired) electrons. The number of hydrogen-bond acceptors (Lipinski definition) is 4. The van der Waals surface area contributed by atoms with E-state index in [1.807, 2.05) is 54.6 Å². The van der Waals surface area contributed by atoms with Gasteiger partial charge in [-0.2, -0.15) is 0 Å². The highest BCUT2D eigenvalue weighted by molar-refractivity contribution is 8.18. The van der Waals surface area contributed by atoms with Crippen molar-refractivity contribution in [2.24, 2.45) is 4.99 Å². The van der Waals surface area contributed by atoms with Crippen molar-refractivity contribution in [3.05, 3.63) is 99.9 Å². The molecule has 0 unspecified atom stereocenters. The Balaban J connectivity index is 1.67. The van der Waals surface area contributed by atoms with Crippen molar-refractivity contribution in [1.82, 2.24) is 4.90 Å². The third-order valence-corrected chi connectivity index (χ3v) is 6.06. The average molecular weight is 449 g/mol. The van der Waals surface area contributed by atoms with Crippen molar-refractivity contribution in [1.29, 1.82) is 0 Å². The Labute approximate surface area is 191 Å². The summed E-state index contributed by atoms with van der Waals surface area (Å²) < 4.78 is 5.43. The van der Waals surface area contributed by atoms with Gasteiger partial charge < -0.3 is 4.74 Å². The molecular weight excluding hydrogens is 428 g/mol. The number of carbonyl (C=O) groups is 1. The molecule has 4 nitrogen and oxygen atoms in total. The molecule has 1 heterocycles. The molecule has 1 aliphatic heterocycles. The predicted octanol–water partition coefficient (Wildman–Crippen LogP) is 6.20. The highest BCUT2D eigenvalue weighted by atomic mass is 35.5. The minimum absolute atomic E-state index is 0.0716. The van der Waals surface area contributed by atoms with E-state index in [9.17, 15) is 4.79 Å². The van der Waals surface area contributed by atoms with Crippen LogP contribution in [0.1, 0.15) is 11.1 Å². The molecule has 1 fully saturated rings. The maximum Gasteiger partial charge on any atom is 0.266 e. The number of aliphatic imine (C=N–C) groups is 1. The van der Waals surface area contributed by atoms with Crippen LogP contribution in [-0.2, 0) is 11.2 Å². The second-order valence-electron chi connectivity index (χ2n) is 6.92. The second kappa shape index (κ2) is 9.86. The van der Waals surface area contributed by atoms with Gasteiger partial charge in [-0.05, 0) is 60.2 Å². The first kappa shape index (κ1) is 21.2. The van der Waals surface area contributed by atoms with Crippen LogP contribution in [0.15, 0.2) is 88.8 Å². The fourth-order valence-electron chi connectivity index (χ4n) is 3.25. The van der Waals surface area contributed by atoms with Crippen LogP contribution in [0.3, 0.4) is 0 Å². The molecule has 0 atom stereocenters. The van der Waals surface area contributed by atoms with Crippen LogP contribution in [0.2, 0.25) is 5.02 Å². The number of ether oxygens (including phenoxy) is 1. The van der Waals surface area contributed by atoms with E-state index in [-0.39, 0.29) is 5.91 Å². The third kappa shape index (κ3) is 5.19. The summed E-state index contributed by atoms with van der Waals surface area (Å²) in [5, 5.41) is 1.25. The first-order valence-corrected chi connectivity index (χ1v) is 11.1. The van der Waals surface area contributed by atoms with Gasteiger partial charge in [0, 0.05) is 17.1 Å². The van der Waals surface area contributed by atoms with E-state index in [0.717, 1.165) is 17.7 Å². The summed E-state index contributed by atoms with van der Waals surface area (Å²) in [5.41, 5.74) is 2.74. The lowest BCUT2D eigenvalue weighted by molar-refractivity contribution is -0.122. The van der Waals surface area contributed by atoms with Crippen LogP contribution < -0.4 is 4.74 Å². The van der Waals surface area contributed by atoms with Gasteiger partial charge in [0.05, 0.1) is 17.7 Å². The van der Waals surface area contributed by atoms with E-state index in [4.69, 9.17) is 21.3 Å². The second-order valence-corrected chi connectivity index (χ2v) is 8.36. The molecule has 1 saturated heterocycles. The molecule has 31 heavy (non-hydrogen) atoms. The molecule has 0 N–H and O–H groups in total. The van der Waals surface area contributed by atoms with Crippen molar-refractivity contribution in [3.8, 4) is 5.75 Å². The summed E-state index contributed by atoms with van der Waals surface area (Å²) in [6.45, 7) is 0.547. The monoisotopic (exact) mass is 448 g/mol. The Hall–Kier alpha value is -3.02. The lowest BCUT2D eigenvalue weighted by Crippen LogP contribution is -2.31. The Bertz CT molecular complexity index is 1130. The smallest absolute Gasteiger partial charge is 0.266 e. The molecule has 1 aliphatic rings. The van der Waals surface area contributed by atoms with Gasteiger partial charge in [0.15, 0.2) is 5.17 Å². The van der Waals surface area contributed by atoms with Gasteiger partial charge in [0.1, 0.15) is 5.75 Å². The molecule has 156 valence electrons. The van der Waals surface area contributed by atoms with Crippen molar-refractivity contribution < 1.29 is 9.53 Å². The molecule has 0 aromatic heterocycles. The van der Waals surface area contributed by atoms with Crippen molar-refractivity contribution in [3.63, 3.8) is 0 Å². The number of carbonyl (C=O) groups excluding carboxylic acids is 1. The van der Waals surface area contributed by atoms with Crippen LogP contribution >= 0.6 is 23.4 Å². The zero-order valence-corrected chi connectivity index (χ0v) is 18.6.